The van der Waals surface area contributed by atoms with Gasteiger partial charge in [-0.15, -0.1) is 0 Å². The summed E-state index contributed by atoms with van der Waals surface area (Å²) in [5.74, 6) is -6.22. The third kappa shape index (κ3) is 4.89. The molecule has 37 heavy (non-hydrogen) atoms. The van der Waals surface area contributed by atoms with Gasteiger partial charge in [-0.2, -0.15) is 0 Å². The Labute approximate surface area is 231 Å². The van der Waals surface area contributed by atoms with Gasteiger partial charge in [0.15, 0.2) is 21.7 Å². The number of methoxy groups -OCH3 is 1. The number of halogens is 1. The van der Waals surface area contributed by atoms with Crippen LogP contribution in [0.3, 0.4) is 0 Å². The van der Waals surface area contributed by atoms with Crippen molar-refractivity contribution < 1.29 is 28.7 Å². The smallest absolute Gasteiger partial charge is 0.241 e. The molecule has 200 valence electrons. The standard InChI is InChI=1S/C24H29ClN4O6S2/c1-8-11(2)35-18-13(25)9-12(10-14(18)34-7)15(16-19(30)26(3)23(36)27(4)20(16)31)17-21(32)28(5)24(37)29(6)22(17)33/h9-11,15-17H,8H2,1-7H3/t11-/m1/s1. The van der Waals surface area contributed by atoms with E-state index in [2.05, 4.69) is 0 Å². The minimum absolute atomic E-state index is 0.00891. The highest BCUT2D eigenvalue weighted by molar-refractivity contribution is 7.80. The molecular weight excluding hydrogens is 540 g/mol. The Bertz CT molecular complexity index is 1090. The van der Waals surface area contributed by atoms with Gasteiger partial charge in [-0.3, -0.25) is 38.8 Å². The van der Waals surface area contributed by atoms with Crippen LogP contribution in [0.2, 0.25) is 5.02 Å². The third-order valence-corrected chi connectivity index (χ3v) is 8.16. The van der Waals surface area contributed by atoms with E-state index in [1.54, 1.807) is 0 Å². The molecule has 0 unspecified atom stereocenters. The first-order valence-electron chi connectivity index (χ1n) is 11.5. The van der Waals surface area contributed by atoms with Crippen LogP contribution in [0, 0.1) is 11.8 Å². The number of ether oxygens (including phenoxy) is 2. The fourth-order valence-electron chi connectivity index (χ4n) is 4.40. The van der Waals surface area contributed by atoms with Gasteiger partial charge in [0.1, 0.15) is 11.8 Å². The van der Waals surface area contributed by atoms with E-state index in [-0.39, 0.29) is 38.4 Å². The van der Waals surface area contributed by atoms with Crippen molar-refractivity contribution in [2.45, 2.75) is 32.3 Å². The number of thiocarbonyl (C=S) groups is 2. The quantitative estimate of drug-likeness (QED) is 0.365. The number of nitrogens with zero attached hydrogens (tertiary/aromatic N) is 4. The van der Waals surface area contributed by atoms with Crippen molar-refractivity contribution in [3.8, 4) is 11.5 Å². The molecule has 1 atom stereocenters. The lowest BCUT2D eigenvalue weighted by Crippen LogP contribution is -2.63. The number of carbonyl (C=O) groups is 4. The number of rotatable bonds is 7. The molecule has 0 aliphatic carbocycles. The number of hydrogen-bond donors (Lipinski definition) is 0. The number of carbonyl (C=O) groups excluding carboxylic acids is 4. The summed E-state index contributed by atoms with van der Waals surface area (Å²) >= 11 is 17.1. The predicted octanol–water partition coefficient (Wildman–Crippen LogP) is 2.27. The lowest BCUT2D eigenvalue weighted by atomic mass is 9.73. The molecule has 10 nitrogen and oxygen atoms in total. The zero-order valence-electron chi connectivity index (χ0n) is 21.6. The van der Waals surface area contributed by atoms with E-state index in [9.17, 15) is 19.2 Å². The molecule has 4 amide bonds. The fraction of sp³-hybridized carbons (Fsp3) is 0.500. The highest BCUT2D eigenvalue weighted by Crippen LogP contribution is 2.45. The van der Waals surface area contributed by atoms with Gasteiger partial charge in [-0.1, -0.05) is 18.5 Å². The lowest BCUT2D eigenvalue weighted by Gasteiger charge is -2.43. The van der Waals surface area contributed by atoms with Crippen LogP contribution in [0.1, 0.15) is 31.7 Å². The van der Waals surface area contributed by atoms with E-state index in [0.29, 0.717) is 6.42 Å². The van der Waals surface area contributed by atoms with Gasteiger partial charge in [-0.25, -0.2) is 0 Å². The number of hydrogen-bond acceptors (Lipinski definition) is 8. The molecule has 2 saturated heterocycles. The van der Waals surface area contributed by atoms with Crippen LogP contribution < -0.4 is 9.47 Å². The molecular formula is C24H29ClN4O6S2. The molecule has 0 saturated carbocycles. The normalized spacial score (nSPS) is 18.9. The first kappa shape index (κ1) is 28.7. The van der Waals surface area contributed by atoms with Crippen LogP contribution in [-0.4, -0.2) is 94.9 Å². The average Bonchev–Trinajstić information content (AvgIpc) is 2.88. The molecule has 0 N–H and O–H groups in total. The zero-order chi connectivity index (χ0) is 27.9. The van der Waals surface area contributed by atoms with Crippen molar-refractivity contribution in [3.63, 3.8) is 0 Å². The fourth-order valence-corrected chi connectivity index (χ4v) is 5.02. The van der Waals surface area contributed by atoms with Gasteiger partial charge in [0.05, 0.1) is 18.2 Å². The first-order chi connectivity index (χ1) is 17.3. The van der Waals surface area contributed by atoms with E-state index in [1.807, 2.05) is 13.8 Å². The third-order valence-electron chi connectivity index (χ3n) is 6.78. The molecule has 3 rings (SSSR count). The summed E-state index contributed by atoms with van der Waals surface area (Å²) in [6, 6.07) is 3.03. The Balaban J connectivity index is 2.28. The maximum atomic E-state index is 13.5. The molecule has 0 spiro atoms. The van der Waals surface area contributed by atoms with Crippen LogP contribution in [-0.2, 0) is 19.2 Å². The van der Waals surface area contributed by atoms with Crippen LogP contribution in [0.15, 0.2) is 12.1 Å². The zero-order valence-corrected chi connectivity index (χ0v) is 24.0. The molecule has 2 heterocycles. The van der Waals surface area contributed by atoms with Crippen molar-refractivity contribution in [2.75, 3.05) is 35.3 Å². The Morgan fingerprint density at radius 1 is 0.865 bits per heavy atom. The molecule has 0 radical (unpaired) electrons. The maximum absolute atomic E-state index is 13.5. The Kier molecular flexibility index (Phi) is 8.45. The summed E-state index contributed by atoms with van der Waals surface area (Å²) in [4.78, 5) is 58.7. The van der Waals surface area contributed by atoms with Crippen molar-refractivity contribution in [1.29, 1.82) is 0 Å². The molecule has 1 aromatic rings. The topological polar surface area (TPSA) is 99.7 Å². The second-order valence-electron chi connectivity index (χ2n) is 9.01. The Morgan fingerprint density at radius 2 is 1.27 bits per heavy atom. The molecule has 2 aliphatic rings. The molecule has 0 aromatic heterocycles. The number of amides is 4. The summed E-state index contributed by atoms with van der Waals surface area (Å²) in [7, 11) is 7.17. The van der Waals surface area contributed by atoms with Gasteiger partial charge in [-0.05, 0) is 55.5 Å². The van der Waals surface area contributed by atoms with Crippen LogP contribution in [0.5, 0.6) is 11.5 Å². The van der Waals surface area contributed by atoms with Crippen molar-refractivity contribution >= 4 is 69.9 Å². The van der Waals surface area contributed by atoms with E-state index >= 15 is 0 Å². The highest BCUT2D eigenvalue weighted by Gasteiger charge is 2.54. The summed E-state index contributed by atoms with van der Waals surface area (Å²) < 4.78 is 11.5. The van der Waals surface area contributed by atoms with Crippen LogP contribution >= 0.6 is 36.0 Å². The summed E-state index contributed by atoms with van der Waals surface area (Å²) in [5.41, 5.74) is 0.279. The predicted molar refractivity (Wildman–Crippen MR) is 144 cm³/mol. The Hall–Kier alpha value is -2.83. The second-order valence-corrected chi connectivity index (χ2v) is 10.1. The van der Waals surface area contributed by atoms with E-state index < -0.39 is 41.4 Å². The highest BCUT2D eigenvalue weighted by atomic mass is 35.5. The van der Waals surface area contributed by atoms with Gasteiger partial charge in [0, 0.05) is 34.1 Å². The van der Waals surface area contributed by atoms with Crippen molar-refractivity contribution in [2.24, 2.45) is 11.8 Å². The average molecular weight is 569 g/mol. The molecule has 2 fully saturated rings. The van der Waals surface area contributed by atoms with Crippen molar-refractivity contribution in [3.05, 3.63) is 22.7 Å². The van der Waals surface area contributed by atoms with Gasteiger partial charge >= 0.3 is 0 Å². The Morgan fingerprint density at radius 3 is 1.62 bits per heavy atom. The van der Waals surface area contributed by atoms with Gasteiger partial charge < -0.3 is 9.47 Å². The molecule has 13 heteroatoms. The molecule has 2 aliphatic heterocycles. The second kappa shape index (κ2) is 10.9. The van der Waals surface area contributed by atoms with Gasteiger partial charge in [0.25, 0.3) is 0 Å². The summed E-state index contributed by atoms with van der Waals surface area (Å²) in [6.45, 7) is 3.82. The van der Waals surface area contributed by atoms with E-state index in [4.69, 9.17) is 45.5 Å². The van der Waals surface area contributed by atoms with Gasteiger partial charge in [0.2, 0.25) is 23.6 Å². The van der Waals surface area contributed by atoms with Crippen molar-refractivity contribution in [1.82, 2.24) is 19.6 Å². The van der Waals surface area contributed by atoms with E-state index in [0.717, 1.165) is 19.6 Å². The summed E-state index contributed by atoms with van der Waals surface area (Å²) in [5, 5.41) is 0.157. The van der Waals surface area contributed by atoms with Crippen LogP contribution in [0.4, 0.5) is 0 Å². The largest absolute Gasteiger partial charge is 0.493 e. The maximum Gasteiger partial charge on any atom is 0.241 e. The minimum atomic E-state index is -1.45. The number of benzene rings is 1. The summed E-state index contributed by atoms with van der Waals surface area (Å²) in [6.07, 6.45) is 0.527. The lowest BCUT2D eigenvalue weighted by molar-refractivity contribution is -0.152. The first-order valence-corrected chi connectivity index (χ1v) is 12.7. The SMILES string of the molecule is CC[C@@H](C)Oc1c(Cl)cc(C(C2C(=O)N(C)C(=S)N(C)C2=O)C2C(=O)N(C)C(=S)N(C)C2=O)cc1OC. The molecule has 0 bridgehead atoms. The monoisotopic (exact) mass is 568 g/mol. The van der Waals surface area contributed by atoms with E-state index in [1.165, 1.54) is 47.4 Å². The molecule has 1 aromatic carbocycles. The minimum Gasteiger partial charge on any atom is -0.493 e. The van der Waals surface area contributed by atoms with Crippen LogP contribution in [0.25, 0.3) is 0 Å².